The molecule has 1 aliphatic rings. The first-order valence-electron chi connectivity index (χ1n) is 4.23. The SMILES string of the molecule is CC(C)OC1CCN(C(=O)O)C1. The van der Waals surface area contributed by atoms with Crippen LogP contribution < -0.4 is 0 Å². The molecule has 1 aliphatic heterocycles. The highest BCUT2D eigenvalue weighted by atomic mass is 16.5. The van der Waals surface area contributed by atoms with Crippen molar-refractivity contribution < 1.29 is 14.6 Å². The number of hydrogen-bond acceptors (Lipinski definition) is 2. The molecule has 0 aliphatic carbocycles. The smallest absolute Gasteiger partial charge is 0.407 e. The van der Waals surface area contributed by atoms with Crippen molar-refractivity contribution in [2.45, 2.75) is 32.5 Å². The van der Waals surface area contributed by atoms with Crippen LogP contribution in [-0.4, -0.2) is 41.4 Å². The maximum atomic E-state index is 10.5. The number of likely N-dealkylation sites (tertiary alicyclic amines) is 1. The van der Waals surface area contributed by atoms with E-state index in [0.717, 1.165) is 6.42 Å². The van der Waals surface area contributed by atoms with Crippen molar-refractivity contribution in [2.75, 3.05) is 13.1 Å². The van der Waals surface area contributed by atoms with Gasteiger partial charge in [-0.1, -0.05) is 0 Å². The van der Waals surface area contributed by atoms with Gasteiger partial charge in [0.1, 0.15) is 0 Å². The van der Waals surface area contributed by atoms with E-state index >= 15 is 0 Å². The summed E-state index contributed by atoms with van der Waals surface area (Å²) in [5.74, 6) is 0. The van der Waals surface area contributed by atoms with Gasteiger partial charge in [-0.25, -0.2) is 4.79 Å². The molecule has 0 bridgehead atoms. The van der Waals surface area contributed by atoms with Crippen LogP contribution in [0.5, 0.6) is 0 Å². The fourth-order valence-corrected chi connectivity index (χ4v) is 1.40. The molecule has 1 heterocycles. The fourth-order valence-electron chi connectivity index (χ4n) is 1.40. The fraction of sp³-hybridized carbons (Fsp3) is 0.875. The Hall–Kier alpha value is -0.770. The van der Waals surface area contributed by atoms with Crippen LogP contribution in [0.1, 0.15) is 20.3 Å². The van der Waals surface area contributed by atoms with Crippen molar-refractivity contribution in [3.05, 3.63) is 0 Å². The van der Waals surface area contributed by atoms with E-state index in [4.69, 9.17) is 9.84 Å². The molecule has 0 spiro atoms. The number of carboxylic acid groups (broad SMARTS) is 1. The second kappa shape index (κ2) is 3.76. The first kappa shape index (κ1) is 9.32. The predicted octanol–water partition coefficient (Wildman–Crippen LogP) is 1.16. The zero-order valence-electron chi connectivity index (χ0n) is 7.49. The van der Waals surface area contributed by atoms with Gasteiger partial charge >= 0.3 is 6.09 Å². The second-order valence-corrected chi connectivity index (χ2v) is 3.32. The summed E-state index contributed by atoms with van der Waals surface area (Å²) in [6.45, 7) is 5.05. The molecule has 0 aromatic heterocycles. The highest BCUT2D eigenvalue weighted by molar-refractivity contribution is 5.65. The number of nitrogens with zero attached hydrogens (tertiary/aromatic N) is 1. The van der Waals surface area contributed by atoms with Crippen LogP contribution in [0.15, 0.2) is 0 Å². The van der Waals surface area contributed by atoms with Gasteiger partial charge in [-0.15, -0.1) is 0 Å². The van der Waals surface area contributed by atoms with E-state index in [1.54, 1.807) is 0 Å². The Morgan fingerprint density at radius 2 is 2.33 bits per heavy atom. The van der Waals surface area contributed by atoms with Crippen LogP contribution in [0.25, 0.3) is 0 Å². The third-order valence-electron chi connectivity index (χ3n) is 1.88. The van der Waals surface area contributed by atoms with Crippen molar-refractivity contribution in [1.29, 1.82) is 0 Å². The van der Waals surface area contributed by atoms with E-state index in [1.165, 1.54) is 4.90 Å². The third kappa shape index (κ3) is 2.37. The van der Waals surface area contributed by atoms with Gasteiger partial charge in [-0.05, 0) is 20.3 Å². The zero-order valence-corrected chi connectivity index (χ0v) is 7.49. The van der Waals surface area contributed by atoms with Crippen molar-refractivity contribution in [3.8, 4) is 0 Å². The Morgan fingerprint density at radius 1 is 1.67 bits per heavy atom. The minimum atomic E-state index is -0.843. The highest BCUT2D eigenvalue weighted by Crippen LogP contribution is 2.13. The maximum Gasteiger partial charge on any atom is 0.407 e. The molecule has 0 aromatic rings. The van der Waals surface area contributed by atoms with Crippen molar-refractivity contribution in [3.63, 3.8) is 0 Å². The summed E-state index contributed by atoms with van der Waals surface area (Å²) < 4.78 is 5.49. The highest BCUT2D eigenvalue weighted by Gasteiger charge is 2.26. The molecule has 1 saturated heterocycles. The molecule has 1 amide bonds. The summed E-state index contributed by atoms with van der Waals surface area (Å²) in [6.07, 6.45) is 0.263. The van der Waals surface area contributed by atoms with Crippen LogP contribution in [0, 0.1) is 0 Å². The standard InChI is InChI=1S/C8H15NO3/c1-6(2)12-7-3-4-9(5-7)8(10)11/h6-7H,3-5H2,1-2H3,(H,10,11). The van der Waals surface area contributed by atoms with Crippen molar-refractivity contribution >= 4 is 6.09 Å². The molecular weight excluding hydrogens is 158 g/mol. The Balaban J connectivity index is 2.30. The first-order valence-corrected chi connectivity index (χ1v) is 4.23. The Bertz CT molecular complexity index is 170. The van der Waals surface area contributed by atoms with Crippen LogP contribution in [0.3, 0.4) is 0 Å². The molecule has 1 fully saturated rings. The molecule has 1 N–H and O–H groups in total. The van der Waals surface area contributed by atoms with Crippen LogP contribution in [0.2, 0.25) is 0 Å². The summed E-state index contributed by atoms with van der Waals surface area (Å²) in [4.78, 5) is 11.9. The summed E-state index contributed by atoms with van der Waals surface area (Å²) in [7, 11) is 0. The Labute approximate surface area is 72.1 Å². The maximum absolute atomic E-state index is 10.5. The normalized spacial score (nSPS) is 23.6. The Kier molecular flexibility index (Phi) is 2.92. The molecular formula is C8H15NO3. The molecule has 1 unspecified atom stereocenters. The average molecular weight is 173 g/mol. The summed E-state index contributed by atoms with van der Waals surface area (Å²) in [5.41, 5.74) is 0. The largest absolute Gasteiger partial charge is 0.465 e. The number of ether oxygens (including phenoxy) is 1. The molecule has 0 aromatic carbocycles. The third-order valence-corrected chi connectivity index (χ3v) is 1.88. The van der Waals surface area contributed by atoms with Crippen LogP contribution >= 0.6 is 0 Å². The lowest BCUT2D eigenvalue weighted by Crippen LogP contribution is -2.29. The molecule has 4 heteroatoms. The van der Waals surface area contributed by atoms with Crippen molar-refractivity contribution in [1.82, 2.24) is 4.90 Å². The monoisotopic (exact) mass is 173 g/mol. The summed E-state index contributed by atoms with van der Waals surface area (Å²) in [6, 6.07) is 0. The minimum absolute atomic E-state index is 0.0982. The van der Waals surface area contributed by atoms with Gasteiger partial charge in [-0.3, -0.25) is 0 Å². The lowest BCUT2D eigenvalue weighted by molar-refractivity contribution is 0.0145. The first-order chi connectivity index (χ1) is 5.59. The van der Waals surface area contributed by atoms with Gasteiger partial charge < -0.3 is 14.7 Å². The van der Waals surface area contributed by atoms with E-state index in [9.17, 15) is 4.79 Å². The van der Waals surface area contributed by atoms with Crippen LogP contribution in [0.4, 0.5) is 4.79 Å². The van der Waals surface area contributed by atoms with Gasteiger partial charge in [0.05, 0.1) is 18.8 Å². The zero-order chi connectivity index (χ0) is 9.14. The lowest BCUT2D eigenvalue weighted by atomic mass is 10.3. The molecule has 0 radical (unpaired) electrons. The molecule has 0 saturated carbocycles. The second-order valence-electron chi connectivity index (χ2n) is 3.32. The number of hydrogen-bond donors (Lipinski definition) is 1. The summed E-state index contributed by atoms with van der Waals surface area (Å²) in [5, 5.41) is 8.64. The number of rotatable bonds is 2. The number of amides is 1. The number of carbonyl (C=O) groups is 1. The summed E-state index contributed by atoms with van der Waals surface area (Å²) >= 11 is 0. The Morgan fingerprint density at radius 3 is 2.75 bits per heavy atom. The van der Waals surface area contributed by atoms with Crippen molar-refractivity contribution in [2.24, 2.45) is 0 Å². The van der Waals surface area contributed by atoms with E-state index in [2.05, 4.69) is 0 Å². The average Bonchev–Trinajstić information content (AvgIpc) is 2.34. The molecule has 12 heavy (non-hydrogen) atoms. The van der Waals surface area contributed by atoms with E-state index in [1.807, 2.05) is 13.8 Å². The molecule has 1 rings (SSSR count). The van der Waals surface area contributed by atoms with Gasteiger partial charge in [0.25, 0.3) is 0 Å². The molecule has 4 nitrogen and oxygen atoms in total. The predicted molar refractivity (Wildman–Crippen MR) is 44.2 cm³/mol. The van der Waals surface area contributed by atoms with Gasteiger partial charge in [0.2, 0.25) is 0 Å². The lowest BCUT2D eigenvalue weighted by Gasteiger charge is -2.15. The van der Waals surface area contributed by atoms with Gasteiger partial charge in [-0.2, -0.15) is 0 Å². The van der Waals surface area contributed by atoms with Gasteiger partial charge in [0.15, 0.2) is 0 Å². The topological polar surface area (TPSA) is 49.8 Å². The quantitative estimate of drug-likeness (QED) is 0.681. The van der Waals surface area contributed by atoms with Gasteiger partial charge in [0, 0.05) is 6.54 Å². The minimum Gasteiger partial charge on any atom is -0.465 e. The van der Waals surface area contributed by atoms with E-state index in [-0.39, 0.29) is 12.2 Å². The molecule has 1 atom stereocenters. The van der Waals surface area contributed by atoms with Crippen LogP contribution in [-0.2, 0) is 4.74 Å². The van der Waals surface area contributed by atoms with E-state index in [0.29, 0.717) is 13.1 Å². The van der Waals surface area contributed by atoms with E-state index < -0.39 is 6.09 Å². The molecule has 70 valence electrons.